The second-order valence-corrected chi connectivity index (χ2v) is 11.5. The summed E-state index contributed by atoms with van der Waals surface area (Å²) in [4.78, 5) is 0. The minimum Gasteiger partial charge on any atom is -0.382 e. The van der Waals surface area contributed by atoms with Gasteiger partial charge < -0.3 is 14.8 Å². The van der Waals surface area contributed by atoms with Gasteiger partial charge in [-0.25, -0.2) is 0 Å². The number of hydrogen-bond acceptors (Lipinski definition) is 3. The van der Waals surface area contributed by atoms with Gasteiger partial charge in [-0.3, -0.25) is 0 Å². The first-order valence-corrected chi connectivity index (χ1v) is 11.4. The van der Waals surface area contributed by atoms with E-state index in [2.05, 4.69) is 49.2 Å². The molecule has 0 saturated heterocycles. The molecule has 0 spiro atoms. The van der Waals surface area contributed by atoms with Crippen molar-refractivity contribution in [2.24, 2.45) is 0 Å². The van der Waals surface area contributed by atoms with Crippen LogP contribution in [0.3, 0.4) is 0 Å². The average Bonchev–Trinajstić information content (AvgIpc) is 2.45. The highest BCUT2D eigenvalue weighted by atomic mass is 28.3. The van der Waals surface area contributed by atoms with Gasteiger partial charge in [-0.05, 0) is 24.9 Å². The predicted molar refractivity (Wildman–Crippen MR) is 93.1 cm³/mol. The molecule has 0 fully saturated rings. The molecule has 1 aromatic carbocycles. The summed E-state index contributed by atoms with van der Waals surface area (Å²) in [6, 6.07) is 9.11. The average molecular weight is 310 g/mol. The number of methoxy groups -OCH3 is 1. The van der Waals surface area contributed by atoms with Crippen molar-refractivity contribution < 1.29 is 9.47 Å². The van der Waals surface area contributed by atoms with Gasteiger partial charge in [0, 0.05) is 20.3 Å². The van der Waals surface area contributed by atoms with Crippen molar-refractivity contribution >= 4 is 13.3 Å². The molecule has 0 aromatic heterocycles. The SMILES string of the molecule is COCCOCCCCNCc1ccc([Si](C)(C)C)cc1. The monoisotopic (exact) mass is 309 g/mol. The summed E-state index contributed by atoms with van der Waals surface area (Å²) < 4.78 is 10.4. The van der Waals surface area contributed by atoms with Gasteiger partial charge in [-0.2, -0.15) is 0 Å². The Kier molecular flexibility index (Phi) is 8.84. The molecule has 4 heteroatoms. The first kappa shape index (κ1) is 18.4. The largest absolute Gasteiger partial charge is 0.382 e. The van der Waals surface area contributed by atoms with E-state index in [1.54, 1.807) is 7.11 Å². The second-order valence-electron chi connectivity index (χ2n) is 6.44. The van der Waals surface area contributed by atoms with E-state index < -0.39 is 8.07 Å². The minimum atomic E-state index is -1.16. The molecule has 0 aliphatic carbocycles. The normalized spacial score (nSPS) is 11.8. The number of rotatable bonds is 11. The van der Waals surface area contributed by atoms with E-state index in [1.165, 1.54) is 10.8 Å². The van der Waals surface area contributed by atoms with Crippen LogP contribution in [-0.2, 0) is 16.0 Å². The predicted octanol–water partition coefficient (Wildman–Crippen LogP) is 2.76. The van der Waals surface area contributed by atoms with Crippen LogP contribution < -0.4 is 10.5 Å². The molecular weight excluding hydrogens is 278 g/mol. The van der Waals surface area contributed by atoms with Gasteiger partial charge in [0.1, 0.15) is 0 Å². The molecule has 0 amide bonds. The number of hydrogen-bond donors (Lipinski definition) is 1. The molecule has 0 bridgehead atoms. The second kappa shape index (κ2) is 10.1. The quantitative estimate of drug-likeness (QED) is 0.504. The molecule has 0 aliphatic heterocycles. The maximum atomic E-state index is 5.43. The van der Waals surface area contributed by atoms with Crippen molar-refractivity contribution in [2.75, 3.05) is 33.5 Å². The Bertz CT molecular complexity index is 373. The van der Waals surface area contributed by atoms with Crippen LogP contribution in [0.25, 0.3) is 0 Å². The lowest BCUT2D eigenvalue weighted by molar-refractivity contribution is 0.0688. The molecule has 0 heterocycles. The molecule has 0 radical (unpaired) electrons. The van der Waals surface area contributed by atoms with Crippen molar-refractivity contribution in [3.05, 3.63) is 29.8 Å². The Morgan fingerprint density at radius 3 is 2.29 bits per heavy atom. The van der Waals surface area contributed by atoms with Crippen LogP contribution in [-0.4, -0.2) is 41.5 Å². The van der Waals surface area contributed by atoms with Gasteiger partial charge in [-0.1, -0.05) is 49.1 Å². The van der Waals surface area contributed by atoms with Crippen molar-refractivity contribution in [3.63, 3.8) is 0 Å². The Balaban J connectivity index is 2.08. The number of unbranched alkanes of at least 4 members (excludes halogenated alkanes) is 1. The summed E-state index contributed by atoms with van der Waals surface area (Å²) >= 11 is 0. The molecule has 0 saturated carbocycles. The van der Waals surface area contributed by atoms with E-state index in [1.807, 2.05) is 0 Å². The van der Waals surface area contributed by atoms with E-state index in [9.17, 15) is 0 Å². The Hall–Kier alpha value is -0.683. The fraction of sp³-hybridized carbons (Fsp3) is 0.647. The van der Waals surface area contributed by atoms with Crippen LogP contribution >= 0.6 is 0 Å². The van der Waals surface area contributed by atoms with Crippen LogP contribution in [0.15, 0.2) is 24.3 Å². The molecule has 1 N–H and O–H groups in total. The lowest BCUT2D eigenvalue weighted by atomic mass is 10.2. The molecule has 0 unspecified atom stereocenters. The molecule has 0 atom stereocenters. The zero-order valence-corrected chi connectivity index (χ0v) is 15.1. The maximum Gasteiger partial charge on any atom is 0.0775 e. The van der Waals surface area contributed by atoms with Crippen LogP contribution in [0.2, 0.25) is 19.6 Å². The highest BCUT2D eigenvalue weighted by Gasteiger charge is 2.15. The van der Waals surface area contributed by atoms with Crippen LogP contribution in [0, 0.1) is 0 Å². The van der Waals surface area contributed by atoms with Crippen LogP contribution in [0.4, 0.5) is 0 Å². The van der Waals surface area contributed by atoms with E-state index in [0.717, 1.165) is 32.5 Å². The summed E-state index contributed by atoms with van der Waals surface area (Å²) in [7, 11) is 0.536. The Morgan fingerprint density at radius 1 is 0.952 bits per heavy atom. The molecule has 1 rings (SSSR count). The van der Waals surface area contributed by atoms with Crippen molar-refractivity contribution in [2.45, 2.75) is 39.0 Å². The molecule has 0 aliphatic rings. The van der Waals surface area contributed by atoms with E-state index in [0.29, 0.717) is 13.2 Å². The standard InChI is InChI=1S/C17H31NO2Si/c1-19-13-14-20-12-6-5-11-18-15-16-7-9-17(10-8-16)21(2,3)4/h7-10,18H,5-6,11-15H2,1-4H3. The van der Waals surface area contributed by atoms with E-state index >= 15 is 0 Å². The molecule has 120 valence electrons. The topological polar surface area (TPSA) is 30.5 Å². The molecule has 3 nitrogen and oxygen atoms in total. The zero-order chi connectivity index (χ0) is 15.6. The fourth-order valence-corrected chi connectivity index (χ4v) is 3.22. The van der Waals surface area contributed by atoms with Gasteiger partial charge >= 0.3 is 0 Å². The zero-order valence-electron chi connectivity index (χ0n) is 14.1. The lowest BCUT2D eigenvalue weighted by Gasteiger charge is -2.16. The number of nitrogens with one attached hydrogen (secondary N) is 1. The highest BCUT2D eigenvalue weighted by Crippen LogP contribution is 2.04. The van der Waals surface area contributed by atoms with E-state index in [4.69, 9.17) is 9.47 Å². The number of benzene rings is 1. The van der Waals surface area contributed by atoms with Gasteiger partial charge in [0.05, 0.1) is 21.3 Å². The molecule has 21 heavy (non-hydrogen) atoms. The van der Waals surface area contributed by atoms with Crippen LogP contribution in [0.5, 0.6) is 0 Å². The number of ether oxygens (including phenoxy) is 2. The van der Waals surface area contributed by atoms with Gasteiger partial charge in [0.2, 0.25) is 0 Å². The summed E-state index contributed by atoms with van der Waals surface area (Å²) in [5.41, 5.74) is 1.37. The van der Waals surface area contributed by atoms with Gasteiger partial charge in [0.15, 0.2) is 0 Å². The first-order valence-electron chi connectivity index (χ1n) is 7.91. The van der Waals surface area contributed by atoms with E-state index in [-0.39, 0.29) is 0 Å². The lowest BCUT2D eigenvalue weighted by Crippen LogP contribution is -2.37. The Morgan fingerprint density at radius 2 is 1.67 bits per heavy atom. The van der Waals surface area contributed by atoms with Gasteiger partial charge in [0.25, 0.3) is 0 Å². The molecular formula is C17H31NO2Si. The van der Waals surface area contributed by atoms with Crippen molar-refractivity contribution in [1.82, 2.24) is 5.32 Å². The van der Waals surface area contributed by atoms with Crippen LogP contribution in [0.1, 0.15) is 18.4 Å². The fourth-order valence-electron chi connectivity index (χ4n) is 2.05. The summed E-state index contributed by atoms with van der Waals surface area (Å²) in [6.45, 7) is 11.4. The molecule has 1 aromatic rings. The first-order chi connectivity index (χ1) is 10.0. The third kappa shape index (κ3) is 8.36. The highest BCUT2D eigenvalue weighted by molar-refractivity contribution is 6.88. The third-order valence-corrected chi connectivity index (χ3v) is 5.54. The third-order valence-electron chi connectivity index (χ3n) is 3.47. The summed E-state index contributed by atoms with van der Waals surface area (Å²) in [5, 5.41) is 5.02. The maximum absolute atomic E-state index is 5.43. The Labute approximate surface area is 131 Å². The minimum absolute atomic E-state index is 0.686. The summed E-state index contributed by atoms with van der Waals surface area (Å²) in [6.07, 6.45) is 2.26. The van der Waals surface area contributed by atoms with Gasteiger partial charge in [-0.15, -0.1) is 0 Å². The summed E-state index contributed by atoms with van der Waals surface area (Å²) in [5.74, 6) is 0. The van der Waals surface area contributed by atoms with Crippen molar-refractivity contribution in [3.8, 4) is 0 Å². The smallest absolute Gasteiger partial charge is 0.0775 e. The van der Waals surface area contributed by atoms with Crippen molar-refractivity contribution in [1.29, 1.82) is 0 Å².